The molecule has 0 atom stereocenters. The van der Waals surface area contributed by atoms with E-state index in [1.54, 1.807) is 0 Å². The van der Waals surface area contributed by atoms with Crippen LogP contribution in [0.3, 0.4) is 0 Å². The largest absolute Gasteiger partial charge is 0.309 e. The summed E-state index contributed by atoms with van der Waals surface area (Å²) in [5, 5.41) is 11.9. The Kier molecular flexibility index (Phi) is 7.54. The predicted octanol–water partition coefficient (Wildman–Crippen LogP) is 14.5. The fourth-order valence-corrected chi connectivity index (χ4v) is 9.73. The van der Waals surface area contributed by atoms with Crippen molar-refractivity contribution in [3.8, 4) is 45.5 Å². The van der Waals surface area contributed by atoms with Gasteiger partial charge in [-0.2, -0.15) is 0 Å². The number of fused-ring (bicyclic) bond motifs is 11. The summed E-state index contributed by atoms with van der Waals surface area (Å²) in [6, 6.07) is 75.7. The van der Waals surface area contributed by atoms with Gasteiger partial charge in [0.15, 0.2) is 17.5 Å². The van der Waals surface area contributed by atoms with E-state index in [0.29, 0.717) is 17.5 Å². The van der Waals surface area contributed by atoms with E-state index in [0.717, 1.165) is 55.3 Å². The minimum atomic E-state index is 0.624. The third-order valence-electron chi connectivity index (χ3n) is 12.5. The maximum Gasteiger partial charge on any atom is 0.164 e. The van der Waals surface area contributed by atoms with E-state index >= 15 is 0 Å². The van der Waals surface area contributed by atoms with Crippen LogP contribution in [0.5, 0.6) is 0 Å². The number of benzene rings is 10. The van der Waals surface area contributed by atoms with Crippen molar-refractivity contribution in [2.75, 3.05) is 0 Å². The Bertz CT molecular complexity index is 3920. The van der Waals surface area contributed by atoms with Crippen LogP contribution in [0.4, 0.5) is 0 Å². The van der Waals surface area contributed by atoms with Crippen LogP contribution in [0.15, 0.2) is 212 Å². The summed E-state index contributed by atoms with van der Waals surface area (Å²) < 4.78 is 4.89. The third kappa shape index (κ3) is 5.25. The van der Waals surface area contributed by atoms with Crippen molar-refractivity contribution in [1.29, 1.82) is 0 Å². The van der Waals surface area contributed by atoms with Gasteiger partial charge in [0.25, 0.3) is 0 Å². The standard InChI is InChI=1S/C57H35N5/c1-3-17-38(18-4-1)55-58-56(41-28-27-36-15-7-8-19-39(36)33-41)60-57(59-55)48-35-43(34-40-20-10-11-23-44(40)48)61-49-26-14-13-25-46(49)53-51(61)32-30-47-52-45-24-12-9-16-37(45)29-31-50(52)62(54(47)53)42-21-5-2-6-22-42/h1-35H. The Morgan fingerprint density at radius 1 is 0.290 bits per heavy atom. The van der Waals surface area contributed by atoms with Crippen molar-refractivity contribution >= 4 is 75.9 Å². The van der Waals surface area contributed by atoms with Gasteiger partial charge >= 0.3 is 0 Å². The molecule has 0 aliphatic heterocycles. The summed E-state index contributed by atoms with van der Waals surface area (Å²) in [5.41, 5.74) is 9.62. The third-order valence-corrected chi connectivity index (χ3v) is 12.5. The molecule has 3 heterocycles. The van der Waals surface area contributed by atoms with E-state index in [1.807, 2.05) is 18.2 Å². The van der Waals surface area contributed by atoms with Crippen molar-refractivity contribution in [2.24, 2.45) is 0 Å². The van der Waals surface area contributed by atoms with E-state index in [1.165, 1.54) is 48.7 Å². The van der Waals surface area contributed by atoms with Crippen molar-refractivity contribution in [3.05, 3.63) is 212 Å². The highest BCUT2D eigenvalue weighted by molar-refractivity contribution is 6.30. The zero-order valence-electron chi connectivity index (χ0n) is 33.4. The molecule has 10 aromatic carbocycles. The fourth-order valence-electron chi connectivity index (χ4n) is 9.73. The van der Waals surface area contributed by atoms with Gasteiger partial charge in [-0.25, -0.2) is 15.0 Å². The van der Waals surface area contributed by atoms with Gasteiger partial charge < -0.3 is 9.13 Å². The second kappa shape index (κ2) is 13.6. The quantitative estimate of drug-likeness (QED) is 0.174. The van der Waals surface area contributed by atoms with Crippen molar-refractivity contribution in [3.63, 3.8) is 0 Å². The summed E-state index contributed by atoms with van der Waals surface area (Å²) in [6.45, 7) is 0. The van der Waals surface area contributed by atoms with E-state index in [9.17, 15) is 0 Å². The summed E-state index contributed by atoms with van der Waals surface area (Å²) in [4.78, 5) is 15.7. The lowest BCUT2D eigenvalue weighted by Crippen LogP contribution is -2.02. The highest BCUT2D eigenvalue weighted by atomic mass is 15.0. The number of para-hydroxylation sites is 2. The van der Waals surface area contributed by atoms with E-state index < -0.39 is 0 Å². The predicted molar refractivity (Wildman–Crippen MR) is 257 cm³/mol. The highest BCUT2D eigenvalue weighted by Gasteiger charge is 2.23. The number of hydrogen-bond acceptors (Lipinski definition) is 3. The van der Waals surface area contributed by atoms with Crippen LogP contribution in [0, 0.1) is 0 Å². The Morgan fingerprint density at radius 3 is 1.71 bits per heavy atom. The molecule has 5 heteroatoms. The van der Waals surface area contributed by atoms with Gasteiger partial charge in [-0.15, -0.1) is 0 Å². The summed E-state index contributed by atoms with van der Waals surface area (Å²) in [5.74, 6) is 1.89. The maximum atomic E-state index is 5.30. The minimum absolute atomic E-state index is 0.624. The van der Waals surface area contributed by atoms with Crippen molar-refractivity contribution < 1.29 is 0 Å². The molecule has 0 aliphatic rings. The Morgan fingerprint density at radius 2 is 0.887 bits per heavy atom. The molecule has 13 aromatic rings. The first-order chi connectivity index (χ1) is 30.7. The number of nitrogens with zero attached hydrogens (tertiary/aromatic N) is 5. The molecular weight excluding hydrogens is 755 g/mol. The first-order valence-electron chi connectivity index (χ1n) is 21.0. The molecule has 0 spiro atoms. The van der Waals surface area contributed by atoms with Crippen molar-refractivity contribution in [1.82, 2.24) is 24.1 Å². The maximum absolute atomic E-state index is 5.30. The monoisotopic (exact) mass is 789 g/mol. The molecule has 0 N–H and O–H groups in total. The average molecular weight is 790 g/mol. The Labute approximate surface area is 356 Å². The zero-order chi connectivity index (χ0) is 40.7. The molecule has 0 radical (unpaired) electrons. The van der Waals surface area contributed by atoms with E-state index in [4.69, 9.17) is 15.0 Å². The van der Waals surface area contributed by atoms with Crippen LogP contribution in [-0.2, 0) is 0 Å². The van der Waals surface area contributed by atoms with Gasteiger partial charge in [0.2, 0.25) is 0 Å². The molecule has 0 saturated heterocycles. The molecule has 0 saturated carbocycles. The van der Waals surface area contributed by atoms with Gasteiger partial charge in [-0.05, 0) is 80.8 Å². The van der Waals surface area contributed by atoms with Crippen LogP contribution < -0.4 is 0 Å². The fraction of sp³-hybridized carbons (Fsp3) is 0. The SMILES string of the molecule is c1ccc(-c2nc(-c3ccc4ccccc4c3)nc(-c3cc(-n4c5ccccc5c5c4ccc4c6c7ccccc7ccc6n(-c6ccccc6)c45)cc4ccccc34)n2)cc1. The van der Waals surface area contributed by atoms with E-state index in [-0.39, 0.29) is 0 Å². The van der Waals surface area contributed by atoms with Crippen LogP contribution in [0.2, 0.25) is 0 Å². The molecule has 288 valence electrons. The lowest BCUT2D eigenvalue weighted by molar-refractivity contribution is 1.07. The summed E-state index contributed by atoms with van der Waals surface area (Å²) in [6.07, 6.45) is 0. The van der Waals surface area contributed by atoms with E-state index in [2.05, 4.69) is 203 Å². The first kappa shape index (κ1) is 34.5. The smallest absolute Gasteiger partial charge is 0.164 e. The molecule has 5 nitrogen and oxygen atoms in total. The van der Waals surface area contributed by atoms with Crippen molar-refractivity contribution in [2.45, 2.75) is 0 Å². The molecule has 0 amide bonds. The second-order valence-corrected chi connectivity index (χ2v) is 16.0. The average Bonchev–Trinajstić information content (AvgIpc) is 3.87. The van der Waals surface area contributed by atoms with Gasteiger partial charge in [0.1, 0.15) is 0 Å². The zero-order valence-corrected chi connectivity index (χ0v) is 33.4. The minimum Gasteiger partial charge on any atom is -0.309 e. The van der Waals surface area contributed by atoms with Gasteiger partial charge in [-0.3, -0.25) is 0 Å². The first-order valence-corrected chi connectivity index (χ1v) is 21.0. The lowest BCUT2D eigenvalue weighted by Gasteiger charge is -2.15. The van der Waals surface area contributed by atoms with Gasteiger partial charge in [0.05, 0.1) is 22.1 Å². The summed E-state index contributed by atoms with van der Waals surface area (Å²) in [7, 11) is 0. The molecule has 0 unspecified atom stereocenters. The highest BCUT2D eigenvalue weighted by Crippen LogP contribution is 2.44. The molecular formula is C57H35N5. The summed E-state index contributed by atoms with van der Waals surface area (Å²) >= 11 is 0. The number of hydrogen-bond donors (Lipinski definition) is 0. The Hall–Kier alpha value is -8.41. The molecule has 62 heavy (non-hydrogen) atoms. The van der Waals surface area contributed by atoms with Crippen LogP contribution in [0.1, 0.15) is 0 Å². The van der Waals surface area contributed by atoms with Crippen LogP contribution in [-0.4, -0.2) is 24.1 Å². The van der Waals surface area contributed by atoms with Gasteiger partial charge in [0, 0.05) is 49.6 Å². The molecule has 0 fully saturated rings. The number of aromatic nitrogens is 5. The van der Waals surface area contributed by atoms with Crippen LogP contribution >= 0.6 is 0 Å². The molecule has 3 aromatic heterocycles. The number of rotatable bonds is 5. The second-order valence-electron chi connectivity index (χ2n) is 16.0. The molecule has 0 bridgehead atoms. The van der Waals surface area contributed by atoms with Crippen LogP contribution in [0.25, 0.3) is 121 Å². The Balaban J connectivity index is 1.11. The lowest BCUT2D eigenvalue weighted by atomic mass is 10.0. The normalized spacial score (nSPS) is 11.9. The topological polar surface area (TPSA) is 48.5 Å². The van der Waals surface area contributed by atoms with Gasteiger partial charge in [-0.1, -0.05) is 164 Å². The molecule has 13 rings (SSSR count). The molecule has 0 aliphatic carbocycles.